The van der Waals surface area contributed by atoms with Crippen molar-refractivity contribution in [3.63, 3.8) is 0 Å². The fourth-order valence-electron chi connectivity index (χ4n) is 1.62. The first-order valence-corrected chi connectivity index (χ1v) is 7.19. The Morgan fingerprint density at radius 1 is 1.05 bits per heavy atom. The van der Waals surface area contributed by atoms with E-state index in [0.717, 1.165) is 5.56 Å². The molecule has 0 bridgehead atoms. The normalized spacial score (nSPS) is 12.7. The van der Waals surface area contributed by atoms with E-state index >= 15 is 0 Å². The van der Waals surface area contributed by atoms with Crippen LogP contribution in [-0.4, -0.2) is 17.2 Å². The van der Waals surface area contributed by atoms with Crippen LogP contribution in [0.4, 0.5) is 0 Å². The molecule has 0 heterocycles. The van der Waals surface area contributed by atoms with Crippen LogP contribution in [0.3, 0.4) is 0 Å². The Kier molecular flexibility index (Phi) is 7.89. The number of carbonyl (C=O) groups is 1. The third-order valence-corrected chi connectivity index (χ3v) is 3.02. The smallest absolute Gasteiger partial charge is 0.332 e. The van der Waals surface area contributed by atoms with E-state index in [1.165, 1.54) is 12.5 Å². The summed E-state index contributed by atoms with van der Waals surface area (Å²) in [6, 6.07) is 19.7. The number of aliphatic carboxylic acids is 1. The van der Waals surface area contributed by atoms with E-state index in [-0.39, 0.29) is 6.04 Å². The lowest BCUT2D eigenvalue weighted by atomic mass is 10.1. The zero-order valence-electron chi connectivity index (χ0n) is 13.0. The molecule has 118 valence electrons. The average Bonchev–Trinajstić information content (AvgIpc) is 2.55. The Bertz CT molecular complexity index is 541. The van der Waals surface area contributed by atoms with Crippen molar-refractivity contribution in [3.05, 3.63) is 71.8 Å². The van der Waals surface area contributed by atoms with E-state index < -0.39 is 12.1 Å². The molecule has 4 heteroatoms. The maximum Gasteiger partial charge on any atom is 0.332 e. The number of benzene rings is 2. The fraction of sp³-hybridized carbons (Fsp3) is 0.278. The van der Waals surface area contributed by atoms with Gasteiger partial charge in [-0.3, -0.25) is 0 Å². The lowest BCUT2D eigenvalue weighted by Crippen LogP contribution is -2.19. The van der Waals surface area contributed by atoms with Crippen molar-refractivity contribution in [1.29, 1.82) is 0 Å². The molecule has 2 aromatic rings. The summed E-state index contributed by atoms with van der Waals surface area (Å²) in [6.45, 7) is 3.84. The molecule has 2 rings (SSSR count). The van der Waals surface area contributed by atoms with Gasteiger partial charge in [-0.05, 0) is 25.0 Å². The molecule has 22 heavy (non-hydrogen) atoms. The molecule has 0 aliphatic heterocycles. The Labute approximate surface area is 131 Å². The SMILES string of the molecule is C[C@H](N)c1ccccc1.C[C@H](OCc1ccccc1)C(=O)O. The van der Waals surface area contributed by atoms with Gasteiger partial charge in [-0.1, -0.05) is 60.7 Å². The molecule has 2 atom stereocenters. The van der Waals surface area contributed by atoms with Crippen LogP contribution in [0.5, 0.6) is 0 Å². The molecule has 0 amide bonds. The highest BCUT2D eigenvalue weighted by Crippen LogP contribution is 2.06. The summed E-state index contributed by atoms with van der Waals surface area (Å²) in [6.07, 6.45) is -0.750. The molecule has 2 aromatic carbocycles. The molecule has 0 aliphatic rings. The van der Waals surface area contributed by atoms with Gasteiger partial charge in [-0.15, -0.1) is 0 Å². The molecule has 4 nitrogen and oxygen atoms in total. The quantitative estimate of drug-likeness (QED) is 0.888. The highest BCUT2D eigenvalue weighted by Gasteiger charge is 2.10. The van der Waals surface area contributed by atoms with Crippen molar-refractivity contribution in [2.24, 2.45) is 5.73 Å². The zero-order valence-corrected chi connectivity index (χ0v) is 13.0. The third-order valence-electron chi connectivity index (χ3n) is 3.02. The minimum absolute atomic E-state index is 0.159. The second-order valence-corrected chi connectivity index (χ2v) is 4.98. The Balaban J connectivity index is 0.000000235. The number of rotatable bonds is 5. The lowest BCUT2D eigenvalue weighted by molar-refractivity contribution is -0.149. The number of hydrogen-bond acceptors (Lipinski definition) is 3. The minimum atomic E-state index is -0.934. The molecular weight excluding hydrogens is 278 g/mol. The molecular formula is C18H23NO3. The number of carboxylic acids is 1. The summed E-state index contributed by atoms with van der Waals surface area (Å²) in [5.74, 6) is -0.934. The first kappa shape index (κ1) is 17.9. The van der Waals surface area contributed by atoms with E-state index in [1.807, 2.05) is 67.6 Å². The van der Waals surface area contributed by atoms with Crippen molar-refractivity contribution < 1.29 is 14.6 Å². The Morgan fingerprint density at radius 2 is 1.55 bits per heavy atom. The van der Waals surface area contributed by atoms with Gasteiger partial charge in [0.15, 0.2) is 6.10 Å². The van der Waals surface area contributed by atoms with Gasteiger partial charge in [-0.2, -0.15) is 0 Å². The van der Waals surface area contributed by atoms with Gasteiger partial charge in [-0.25, -0.2) is 4.79 Å². The van der Waals surface area contributed by atoms with Crippen molar-refractivity contribution in [2.45, 2.75) is 32.6 Å². The van der Waals surface area contributed by atoms with E-state index in [1.54, 1.807) is 0 Å². The third kappa shape index (κ3) is 7.02. The van der Waals surface area contributed by atoms with Crippen LogP contribution >= 0.6 is 0 Å². The summed E-state index contributed by atoms with van der Waals surface area (Å²) in [5.41, 5.74) is 7.79. The van der Waals surface area contributed by atoms with E-state index in [4.69, 9.17) is 15.6 Å². The molecule has 0 saturated carbocycles. The molecule has 3 N–H and O–H groups in total. The molecule has 0 saturated heterocycles. The topological polar surface area (TPSA) is 72.5 Å². The largest absolute Gasteiger partial charge is 0.479 e. The van der Waals surface area contributed by atoms with Gasteiger partial charge in [0.05, 0.1) is 6.61 Å². The Morgan fingerprint density at radius 3 is 1.95 bits per heavy atom. The van der Waals surface area contributed by atoms with Crippen LogP contribution in [0.1, 0.15) is 31.0 Å². The second-order valence-electron chi connectivity index (χ2n) is 4.98. The van der Waals surface area contributed by atoms with Gasteiger partial charge < -0.3 is 15.6 Å². The van der Waals surface area contributed by atoms with Crippen molar-refractivity contribution in [3.8, 4) is 0 Å². The second kappa shape index (κ2) is 9.71. The van der Waals surface area contributed by atoms with Crippen LogP contribution in [0, 0.1) is 0 Å². The van der Waals surface area contributed by atoms with Gasteiger partial charge in [0.2, 0.25) is 0 Å². The monoisotopic (exact) mass is 301 g/mol. The average molecular weight is 301 g/mol. The molecule has 0 radical (unpaired) electrons. The number of carboxylic acid groups (broad SMARTS) is 1. The number of ether oxygens (including phenoxy) is 1. The predicted molar refractivity (Wildman–Crippen MR) is 87.4 cm³/mol. The highest BCUT2D eigenvalue weighted by atomic mass is 16.5. The van der Waals surface area contributed by atoms with Gasteiger partial charge in [0.25, 0.3) is 0 Å². The summed E-state index contributed by atoms with van der Waals surface area (Å²) >= 11 is 0. The van der Waals surface area contributed by atoms with Gasteiger partial charge in [0.1, 0.15) is 0 Å². The lowest BCUT2D eigenvalue weighted by Gasteiger charge is -2.07. The maximum absolute atomic E-state index is 10.4. The van der Waals surface area contributed by atoms with Crippen LogP contribution in [-0.2, 0) is 16.1 Å². The van der Waals surface area contributed by atoms with Crippen molar-refractivity contribution >= 4 is 5.97 Å². The Hall–Kier alpha value is -2.17. The summed E-state index contributed by atoms with van der Waals surface area (Å²) < 4.78 is 5.09. The summed E-state index contributed by atoms with van der Waals surface area (Å²) in [7, 11) is 0. The molecule has 0 aliphatic carbocycles. The minimum Gasteiger partial charge on any atom is -0.479 e. The van der Waals surface area contributed by atoms with E-state index in [2.05, 4.69) is 0 Å². The zero-order chi connectivity index (χ0) is 16.4. The standard InChI is InChI=1S/C10H12O3.C8H11N/c1-8(10(11)12)13-7-9-5-3-2-4-6-9;1-7(9)8-5-3-2-4-6-8/h2-6,8H,7H2,1H3,(H,11,12);2-7H,9H2,1H3/t8-;7-/m00/s1. The molecule has 0 spiro atoms. The van der Waals surface area contributed by atoms with Gasteiger partial charge >= 0.3 is 5.97 Å². The molecule has 0 fully saturated rings. The van der Waals surface area contributed by atoms with Crippen LogP contribution in [0.2, 0.25) is 0 Å². The molecule has 0 aromatic heterocycles. The number of nitrogens with two attached hydrogens (primary N) is 1. The first-order valence-electron chi connectivity index (χ1n) is 7.19. The summed E-state index contributed by atoms with van der Waals surface area (Å²) in [5, 5.41) is 8.54. The fourth-order valence-corrected chi connectivity index (χ4v) is 1.62. The highest BCUT2D eigenvalue weighted by molar-refractivity contribution is 5.71. The van der Waals surface area contributed by atoms with Crippen LogP contribution in [0.15, 0.2) is 60.7 Å². The summed E-state index contributed by atoms with van der Waals surface area (Å²) in [4.78, 5) is 10.4. The van der Waals surface area contributed by atoms with E-state index in [0.29, 0.717) is 6.61 Å². The molecule has 0 unspecified atom stereocenters. The number of hydrogen-bond donors (Lipinski definition) is 2. The van der Waals surface area contributed by atoms with Crippen LogP contribution < -0.4 is 5.73 Å². The van der Waals surface area contributed by atoms with Gasteiger partial charge in [0, 0.05) is 6.04 Å². The van der Waals surface area contributed by atoms with Crippen molar-refractivity contribution in [1.82, 2.24) is 0 Å². The van der Waals surface area contributed by atoms with Crippen molar-refractivity contribution in [2.75, 3.05) is 0 Å². The van der Waals surface area contributed by atoms with E-state index in [9.17, 15) is 4.79 Å². The maximum atomic E-state index is 10.4. The first-order chi connectivity index (χ1) is 10.5. The van der Waals surface area contributed by atoms with Crippen LogP contribution in [0.25, 0.3) is 0 Å². The predicted octanol–water partition coefficient (Wildman–Crippen LogP) is 3.38.